The minimum Gasteiger partial charge on any atom is -0.463 e. The van der Waals surface area contributed by atoms with E-state index in [1.807, 2.05) is 0 Å². The number of carbonyl (C=O) groups is 8. The molecule has 47 heavy (non-hydrogen) atoms. The van der Waals surface area contributed by atoms with E-state index in [9.17, 15) is 38.4 Å². The zero-order valence-electron chi connectivity index (χ0n) is 26.8. The third kappa shape index (κ3) is 13.1. The van der Waals surface area contributed by atoms with E-state index in [1.165, 1.54) is 0 Å². The molecule has 2 saturated heterocycles. The summed E-state index contributed by atoms with van der Waals surface area (Å²) in [4.78, 5) is 95.5. The van der Waals surface area contributed by atoms with E-state index in [0.717, 1.165) is 48.5 Å². The molecule has 2 aliphatic heterocycles. The second kappa shape index (κ2) is 18.1. The van der Waals surface area contributed by atoms with Crippen LogP contribution in [0, 0.1) is 0 Å². The van der Waals surface area contributed by atoms with E-state index in [-0.39, 0.29) is 6.42 Å². The van der Waals surface area contributed by atoms with Crippen molar-refractivity contribution in [3.8, 4) is 0 Å². The molecule has 2 heterocycles. The average Bonchev–Trinajstić information content (AvgIpc) is 2.93. The van der Waals surface area contributed by atoms with Crippen LogP contribution in [0.2, 0.25) is 0 Å². The summed E-state index contributed by atoms with van der Waals surface area (Å²) in [6.45, 7) is 5.61. The molecule has 0 N–H and O–H groups in total. The molecule has 0 aromatic heterocycles. The third-order valence-electron chi connectivity index (χ3n) is 6.13. The fraction of sp³-hybridized carbons (Fsp3) is 0.714. The van der Waals surface area contributed by atoms with Crippen LogP contribution in [-0.2, 0) is 90.5 Å². The standard InChI is InChI=1S/C28H38O19/c1-12(29)37-9-19-8-20(45-22(36)11-39-14(3)31)24(40-15(4)32)27(44-19)47-23-21(10-38-13(2)30)46-28(43-18(7)35)26(42-17(6)34)25(23)41-16(5)33/h19-21,23-28H,8-11H2,1-7H3. The quantitative estimate of drug-likeness (QED) is 0.171. The molecule has 264 valence electrons. The van der Waals surface area contributed by atoms with Gasteiger partial charge >= 0.3 is 47.8 Å². The van der Waals surface area contributed by atoms with Crippen LogP contribution < -0.4 is 0 Å². The molecule has 0 aliphatic carbocycles. The summed E-state index contributed by atoms with van der Waals surface area (Å²) in [5.74, 6) is -6.85. The van der Waals surface area contributed by atoms with Crippen LogP contribution in [-0.4, -0.2) is 123 Å². The van der Waals surface area contributed by atoms with Gasteiger partial charge in [0.05, 0.1) is 6.10 Å². The molecule has 0 aromatic carbocycles. The van der Waals surface area contributed by atoms with Crippen LogP contribution in [0.3, 0.4) is 0 Å². The summed E-state index contributed by atoms with van der Waals surface area (Å²) in [5.41, 5.74) is 0. The van der Waals surface area contributed by atoms with Crippen molar-refractivity contribution in [3.05, 3.63) is 0 Å². The van der Waals surface area contributed by atoms with Crippen LogP contribution in [0.4, 0.5) is 0 Å². The Labute approximate surface area is 268 Å². The predicted octanol–water partition coefficient (Wildman–Crippen LogP) is -0.829. The number of rotatable bonds is 13. The van der Waals surface area contributed by atoms with E-state index in [0.29, 0.717) is 0 Å². The largest absolute Gasteiger partial charge is 0.463 e. The van der Waals surface area contributed by atoms with Gasteiger partial charge in [0.15, 0.2) is 25.1 Å². The molecule has 2 rings (SSSR count). The zero-order valence-corrected chi connectivity index (χ0v) is 26.8. The van der Waals surface area contributed by atoms with E-state index >= 15 is 0 Å². The maximum atomic E-state index is 12.5. The first-order valence-corrected chi connectivity index (χ1v) is 14.2. The molecular formula is C28H38O19. The van der Waals surface area contributed by atoms with Crippen LogP contribution in [0.1, 0.15) is 54.9 Å². The van der Waals surface area contributed by atoms with Gasteiger partial charge < -0.3 is 52.1 Å². The minimum absolute atomic E-state index is 0.215. The van der Waals surface area contributed by atoms with Gasteiger partial charge in [-0.25, -0.2) is 4.79 Å². The zero-order chi connectivity index (χ0) is 35.4. The summed E-state index contributed by atoms with van der Waals surface area (Å²) < 4.78 is 59.5. The number of esters is 8. The molecule has 0 saturated carbocycles. The number of hydrogen-bond acceptors (Lipinski definition) is 19. The second-order valence-electron chi connectivity index (χ2n) is 10.3. The maximum absolute atomic E-state index is 12.5. The van der Waals surface area contributed by atoms with Crippen LogP contribution in [0.5, 0.6) is 0 Å². The Morgan fingerprint density at radius 3 is 1.55 bits per heavy atom. The molecule has 19 heteroatoms. The van der Waals surface area contributed by atoms with Crippen LogP contribution in [0.25, 0.3) is 0 Å². The number of carbonyl (C=O) groups excluding carboxylic acids is 8. The maximum Gasteiger partial charge on any atom is 0.344 e. The van der Waals surface area contributed by atoms with E-state index in [4.69, 9.17) is 47.4 Å². The van der Waals surface area contributed by atoms with Gasteiger partial charge in [0.2, 0.25) is 12.4 Å². The van der Waals surface area contributed by atoms with Gasteiger partial charge in [-0.05, 0) is 0 Å². The van der Waals surface area contributed by atoms with Gasteiger partial charge in [-0.1, -0.05) is 0 Å². The van der Waals surface area contributed by atoms with Gasteiger partial charge in [-0.15, -0.1) is 0 Å². The highest BCUT2D eigenvalue weighted by atomic mass is 16.8. The van der Waals surface area contributed by atoms with Crippen molar-refractivity contribution in [1.82, 2.24) is 0 Å². The third-order valence-corrected chi connectivity index (χ3v) is 6.13. The molecule has 0 amide bonds. The Balaban J connectivity index is 2.61. The molecule has 2 aliphatic rings. The highest BCUT2D eigenvalue weighted by molar-refractivity contribution is 5.75. The molecule has 0 aromatic rings. The van der Waals surface area contributed by atoms with Gasteiger partial charge in [0.25, 0.3) is 0 Å². The van der Waals surface area contributed by atoms with Crippen LogP contribution in [0.15, 0.2) is 0 Å². The smallest absolute Gasteiger partial charge is 0.344 e. The first-order valence-electron chi connectivity index (χ1n) is 14.2. The van der Waals surface area contributed by atoms with Crippen molar-refractivity contribution < 1.29 is 90.5 Å². The van der Waals surface area contributed by atoms with Crippen molar-refractivity contribution in [2.45, 2.75) is 110 Å². The highest BCUT2D eigenvalue weighted by Gasteiger charge is 2.55. The second-order valence-corrected chi connectivity index (χ2v) is 10.3. The molecule has 0 spiro atoms. The first kappa shape index (κ1) is 38.8. The number of hydrogen-bond donors (Lipinski definition) is 0. The fourth-order valence-corrected chi connectivity index (χ4v) is 4.55. The lowest BCUT2D eigenvalue weighted by atomic mass is 9.97. The molecular weight excluding hydrogens is 640 g/mol. The lowest BCUT2D eigenvalue weighted by molar-refractivity contribution is -0.348. The Morgan fingerprint density at radius 2 is 1.02 bits per heavy atom. The van der Waals surface area contributed by atoms with Crippen molar-refractivity contribution in [3.63, 3.8) is 0 Å². The Bertz CT molecular complexity index is 1180. The van der Waals surface area contributed by atoms with E-state index < -0.39 is 123 Å². The lowest BCUT2D eigenvalue weighted by Gasteiger charge is -2.47. The minimum atomic E-state index is -1.73. The molecule has 2 fully saturated rings. The monoisotopic (exact) mass is 678 g/mol. The predicted molar refractivity (Wildman–Crippen MR) is 145 cm³/mol. The fourth-order valence-electron chi connectivity index (χ4n) is 4.55. The average molecular weight is 679 g/mol. The molecule has 0 bridgehead atoms. The van der Waals surface area contributed by atoms with Crippen molar-refractivity contribution in [1.29, 1.82) is 0 Å². The van der Waals surface area contributed by atoms with Crippen molar-refractivity contribution in [2.24, 2.45) is 0 Å². The molecule has 19 nitrogen and oxygen atoms in total. The Morgan fingerprint density at radius 1 is 0.511 bits per heavy atom. The highest BCUT2D eigenvalue weighted by Crippen LogP contribution is 2.34. The number of ether oxygens (including phenoxy) is 11. The van der Waals surface area contributed by atoms with Gasteiger partial charge in [0, 0.05) is 54.9 Å². The lowest BCUT2D eigenvalue weighted by Crippen LogP contribution is -2.65. The van der Waals surface area contributed by atoms with Gasteiger partial charge in [-0.2, -0.15) is 0 Å². The normalized spacial score (nSPS) is 28.4. The van der Waals surface area contributed by atoms with Gasteiger partial charge in [0.1, 0.15) is 31.5 Å². The summed E-state index contributed by atoms with van der Waals surface area (Å²) in [6.07, 6.45) is -13.9. The molecule has 0 radical (unpaired) electrons. The van der Waals surface area contributed by atoms with Crippen molar-refractivity contribution in [2.75, 3.05) is 19.8 Å². The summed E-state index contributed by atoms with van der Waals surface area (Å²) in [5, 5.41) is 0. The van der Waals surface area contributed by atoms with E-state index in [2.05, 4.69) is 4.74 Å². The topological polar surface area (TPSA) is 238 Å². The Hall–Kier alpha value is -4.36. The van der Waals surface area contributed by atoms with Crippen LogP contribution >= 0.6 is 0 Å². The molecule has 9 atom stereocenters. The SMILES string of the molecule is CC(=O)OCC(=O)OC1CC(COC(C)=O)OC(OC2C(COC(C)=O)OC(OC(C)=O)C(OC(C)=O)C2OC(C)=O)C1OC(C)=O. The van der Waals surface area contributed by atoms with Gasteiger partial charge in [-0.3, -0.25) is 33.6 Å². The van der Waals surface area contributed by atoms with Crippen molar-refractivity contribution >= 4 is 47.8 Å². The summed E-state index contributed by atoms with van der Waals surface area (Å²) in [7, 11) is 0. The summed E-state index contributed by atoms with van der Waals surface area (Å²) >= 11 is 0. The first-order chi connectivity index (χ1) is 22.0. The molecule has 9 unspecified atom stereocenters. The Kier molecular flexibility index (Phi) is 15.0. The summed E-state index contributed by atoms with van der Waals surface area (Å²) in [6, 6.07) is 0. The van der Waals surface area contributed by atoms with E-state index in [1.54, 1.807) is 0 Å².